The molecule has 0 saturated carbocycles. The molecule has 0 amide bonds. The van der Waals surface area contributed by atoms with Crippen LogP contribution < -0.4 is 10.1 Å². The van der Waals surface area contributed by atoms with Gasteiger partial charge in [0.2, 0.25) is 5.88 Å². The number of hydrogen-bond donors (Lipinski definition) is 1. The fraction of sp³-hybridized carbons (Fsp3) is 0.500. The van der Waals surface area contributed by atoms with Gasteiger partial charge >= 0.3 is 0 Å². The number of aromatic nitrogens is 1. The molecule has 1 aliphatic rings. The van der Waals surface area contributed by atoms with E-state index in [0.29, 0.717) is 5.88 Å². The molecule has 0 spiro atoms. The normalized spacial score (nSPS) is 17.0. The molecule has 1 N–H and O–H groups in total. The second-order valence-corrected chi connectivity index (χ2v) is 3.68. The molecule has 0 bridgehead atoms. The molecule has 86 valence electrons. The lowest BCUT2D eigenvalue weighted by atomic mass is 10.1. The van der Waals surface area contributed by atoms with Gasteiger partial charge in [-0.05, 0) is 25.9 Å². The maximum Gasteiger partial charge on any atom is 0.276 e. The van der Waals surface area contributed by atoms with Gasteiger partial charge < -0.3 is 10.1 Å². The summed E-state index contributed by atoms with van der Waals surface area (Å²) in [6, 6.07) is 2.72. The Morgan fingerprint density at radius 2 is 2.25 bits per heavy atom. The Morgan fingerprint density at radius 1 is 1.50 bits per heavy atom. The maximum atomic E-state index is 10.6. The van der Waals surface area contributed by atoms with E-state index in [1.165, 1.54) is 18.3 Å². The number of pyridine rings is 1. The number of nitrogens with one attached hydrogen (secondary N) is 1. The van der Waals surface area contributed by atoms with Crippen LogP contribution in [-0.4, -0.2) is 29.1 Å². The van der Waals surface area contributed by atoms with Crippen molar-refractivity contribution < 1.29 is 9.66 Å². The molecular weight excluding hydrogens is 210 g/mol. The molecule has 0 unspecified atom stereocenters. The zero-order valence-corrected chi connectivity index (χ0v) is 8.76. The number of ether oxygens (including phenoxy) is 1. The number of nitrogens with zero attached hydrogens (tertiary/aromatic N) is 2. The standard InChI is InChI=1S/C10H13N3O3/c14-13(15)8-1-6-12-10(7-8)16-9-2-4-11-5-3-9/h1,6-7,9,11H,2-5H2. The Balaban J connectivity index is 2.02. The molecule has 1 aromatic heterocycles. The minimum atomic E-state index is -0.447. The van der Waals surface area contributed by atoms with Gasteiger partial charge in [0.15, 0.2) is 0 Å². The van der Waals surface area contributed by atoms with Gasteiger partial charge in [-0.3, -0.25) is 10.1 Å². The van der Waals surface area contributed by atoms with E-state index in [1.807, 2.05) is 0 Å². The molecule has 2 heterocycles. The second kappa shape index (κ2) is 4.89. The quantitative estimate of drug-likeness (QED) is 0.613. The van der Waals surface area contributed by atoms with Crippen LogP contribution in [-0.2, 0) is 0 Å². The molecule has 16 heavy (non-hydrogen) atoms. The van der Waals surface area contributed by atoms with Crippen LogP contribution >= 0.6 is 0 Å². The molecule has 6 heteroatoms. The van der Waals surface area contributed by atoms with E-state index in [2.05, 4.69) is 10.3 Å². The first kappa shape index (κ1) is 10.8. The number of piperidine rings is 1. The van der Waals surface area contributed by atoms with E-state index in [-0.39, 0.29) is 11.8 Å². The van der Waals surface area contributed by atoms with Crippen molar-refractivity contribution >= 4 is 5.69 Å². The fourth-order valence-electron chi connectivity index (χ4n) is 1.66. The number of rotatable bonds is 3. The van der Waals surface area contributed by atoms with Crippen molar-refractivity contribution in [3.63, 3.8) is 0 Å². The summed E-state index contributed by atoms with van der Waals surface area (Å²) in [6.45, 7) is 1.83. The molecule has 0 radical (unpaired) electrons. The van der Waals surface area contributed by atoms with E-state index < -0.39 is 4.92 Å². The maximum absolute atomic E-state index is 10.6. The summed E-state index contributed by atoms with van der Waals surface area (Å²) in [6.07, 6.45) is 3.32. The summed E-state index contributed by atoms with van der Waals surface area (Å²) in [5, 5.41) is 13.8. The van der Waals surface area contributed by atoms with E-state index >= 15 is 0 Å². The van der Waals surface area contributed by atoms with Gasteiger partial charge in [-0.25, -0.2) is 4.98 Å². The summed E-state index contributed by atoms with van der Waals surface area (Å²) in [5.74, 6) is 0.334. The van der Waals surface area contributed by atoms with Crippen molar-refractivity contribution in [1.82, 2.24) is 10.3 Å². The summed E-state index contributed by atoms with van der Waals surface area (Å²) in [5.41, 5.74) is 0.0129. The Kier molecular flexibility index (Phi) is 3.31. The Bertz CT molecular complexity index is 377. The molecule has 1 aliphatic heterocycles. The van der Waals surface area contributed by atoms with Crippen LogP contribution in [0, 0.1) is 10.1 Å². The first-order valence-corrected chi connectivity index (χ1v) is 5.23. The van der Waals surface area contributed by atoms with Gasteiger partial charge in [0.1, 0.15) is 6.10 Å². The molecular formula is C10H13N3O3. The summed E-state index contributed by atoms with van der Waals surface area (Å²) < 4.78 is 5.59. The highest BCUT2D eigenvalue weighted by Gasteiger charge is 2.16. The largest absolute Gasteiger partial charge is 0.474 e. The third-order valence-corrected chi connectivity index (χ3v) is 2.50. The van der Waals surface area contributed by atoms with E-state index in [9.17, 15) is 10.1 Å². The zero-order chi connectivity index (χ0) is 11.4. The molecule has 0 atom stereocenters. The molecule has 2 rings (SSSR count). The average molecular weight is 223 g/mol. The minimum absolute atomic E-state index is 0.0129. The van der Waals surface area contributed by atoms with Gasteiger partial charge in [0.25, 0.3) is 5.69 Å². The van der Waals surface area contributed by atoms with Crippen LogP contribution in [0.15, 0.2) is 18.3 Å². The van der Waals surface area contributed by atoms with E-state index in [0.717, 1.165) is 25.9 Å². The van der Waals surface area contributed by atoms with Crippen molar-refractivity contribution in [3.8, 4) is 5.88 Å². The van der Waals surface area contributed by atoms with E-state index in [1.54, 1.807) is 0 Å². The second-order valence-electron chi connectivity index (χ2n) is 3.68. The molecule has 1 saturated heterocycles. The van der Waals surface area contributed by atoms with Crippen LogP contribution in [0.5, 0.6) is 5.88 Å². The van der Waals surface area contributed by atoms with Crippen LogP contribution in [0.25, 0.3) is 0 Å². The lowest BCUT2D eigenvalue weighted by molar-refractivity contribution is -0.385. The van der Waals surface area contributed by atoms with Gasteiger partial charge in [-0.2, -0.15) is 0 Å². The monoisotopic (exact) mass is 223 g/mol. The van der Waals surface area contributed by atoms with Crippen LogP contribution in [0.4, 0.5) is 5.69 Å². The number of nitro groups is 1. The molecule has 0 aromatic carbocycles. The Labute approximate surface area is 92.8 Å². The predicted molar refractivity (Wildman–Crippen MR) is 57.4 cm³/mol. The van der Waals surface area contributed by atoms with Crippen molar-refractivity contribution in [2.75, 3.05) is 13.1 Å². The average Bonchev–Trinajstić information content (AvgIpc) is 2.30. The highest BCUT2D eigenvalue weighted by molar-refractivity contribution is 5.32. The smallest absolute Gasteiger partial charge is 0.276 e. The van der Waals surface area contributed by atoms with Crippen LogP contribution in [0.3, 0.4) is 0 Å². The topological polar surface area (TPSA) is 77.3 Å². The first-order valence-electron chi connectivity index (χ1n) is 5.23. The zero-order valence-electron chi connectivity index (χ0n) is 8.76. The lowest BCUT2D eigenvalue weighted by Gasteiger charge is -2.22. The van der Waals surface area contributed by atoms with Crippen molar-refractivity contribution in [2.45, 2.75) is 18.9 Å². The molecule has 1 aromatic rings. The SMILES string of the molecule is O=[N+]([O-])c1ccnc(OC2CCNCC2)c1. The Hall–Kier alpha value is -1.69. The van der Waals surface area contributed by atoms with Crippen LogP contribution in [0.1, 0.15) is 12.8 Å². The minimum Gasteiger partial charge on any atom is -0.474 e. The van der Waals surface area contributed by atoms with Gasteiger partial charge in [-0.1, -0.05) is 0 Å². The summed E-state index contributed by atoms with van der Waals surface area (Å²) in [7, 11) is 0. The van der Waals surface area contributed by atoms with E-state index in [4.69, 9.17) is 4.74 Å². The van der Waals surface area contributed by atoms with Gasteiger partial charge in [0.05, 0.1) is 11.0 Å². The predicted octanol–water partition coefficient (Wildman–Crippen LogP) is 1.12. The summed E-state index contributed by atoms with van der Waals surface area (Å²) >= 11 is 0. The first-order chi connectivity index (χ1) is 7.75. The third kappa shape index (κ3) is 2.66. The van der Waals surface area contributed by atoms with Crippen molar-refractivity contribution in [1.29, 1.82) is 0 Å². The fourth-order valence-corrected chi connectivity index (χ4v) is 1.66. The lowest BCUT2D eigenvalue weighted by Crippen LogP contribution is -2.34. The Morgan fingerprint density at radius 3 is 2.94 bits per heavy atom. The molecule has 0 aliphatic carbocycles. The number of hydrogen-bond acceptors (Lipinski definition) is 5. The summed E-state index contributed by atoms with van der Waals surface area (Å²) in [4.78, 5) is 14.1. The van der Waals surface area contributed by atoms with Crippen molar-refractivity contribution in [2.24, 2.45) is 0 Å². The van der Waals surface area contributed by atoms with Gasteiger partial charge in [0, 0.05) is 12.3 Å². The van der Waals surface area contributed by atoms with Crippen LogP contribution in [0.2, 0.25) is 0 Å². The highest BCUT2D eigenvalue weighted by atomic mass is 16.6. The highest BCUT2D eigenvalue weighted by Crippen LogP contribution is 2.19. The van der Waals surface area contributed by atoms with Gasteiger partial charge in [-0.15, -0.1) is 0 Å². The molecule has 6 nitrogen and oxygen atoms in total. The van der Waals surface area contributed by atoms with Crippen molar-refractivity contribution in [3.05, 3.63) is 28.4 Å². The molecule has 1 fully saturated rings. The third-order valence-electron chi connectivity index (χ3n) is 2.50.